The van der Waals surface area contributed by atoms with E-state index in [9.17, 15) is 19.8 Å². The molecule has 304 valence electrons. The highest BCUT2D eigenvalue weighted by atomic mass is 16.5. The lowest BCUT2D eigenvalue weighted by atomic mass is 10.1. The topological polar surface area (TPSA) is 96.3 Å². The van der Waals surface area contributed by atoms with Gasteiger partial charge in [-0.3, -0.25) is 14.5 Å². The molecule has 2 N–H and O–H groups in total. The summed E-state index contributed by atoms with van der Waals surface area (Å²) in [4.78, 5) is 26.5. The van der Waals surface area contributed by atoms with Gasteiger partial charge in [-0.1, -0.05) is 117 Å². The molecule has 9 nitrogen and oxygen atoms in total. The van der Waals surface area contributed by atoms with E-state index >= 15 is 0 Å². The van der Waals surface area contributed by atoms with Crippen molar-refractivity contribution < 1.29 is 38.2 Å². The molecule has 0 saturated heterocycles. The number of carbonyl (C=O) groups is 2. The zero-order valence-electron chi connectivity index (χ0n) is 34.9. The van der Waals surface area contributed by atoms with Gasteiger partial charge in [0.05, 0.1) is 54.5 Å². The van der Waals surface area contributed by atoms with Gasteiger partial charge in [0.1, 0.15) is 25.3 Å². The Morgan fingerprint density at radius 1 is 0.510 bits per heavy atom. The third kappa shape index (κ3) is 33.1. The summed E-state index contributed by atoms with van der Waals surface area (Å²) >= 11 is 0. The van der Waals surface area contributed by atoms with Gasteiger partial charge in [-0.05, 0) is 25.8 Å². The number of rotatable bonds is 37. The highest BCUT2D eigenvalue weighted by molar-refractivity contribution is 5.69. The van der Waals surface area contributed by atoms with Crippen molar-refractivity contribution in [2.45, 2.75) is 174 Å². The Bertz CT molecular complexity index is 764. The third-order valence-corrected chi connectivity index (χ3v) is 9.99. The molecular weight excluding hydrogens is 642 g/mol. The smallest absolute Gasteiger partial charge is 0.305 e. The Morgan fingerprint density at radius 2 is 0.843 bits per heavy atom. The number of quaternary nitrogens is 2. The predicted octanol–water partition coefficient (Wildman–Crippen LogP) is 7.89. The van der Waals surface area contributed by atoms with Crippen LogP contribution in [0.3, 0.4) is 0 Å². The summed E-state index contributed by atoms with van der Waals surface area (Å²) in [6.45, 7) is 12.3. The molecule has 0 spiro atoms. The molecule has 0 fully saturated rings. The minimum absolute atomic E-state index is 0.0921. The zero-order chi connectivity index (χ0) is 38.2. The third-order valence-electron chi connectivity index (χ3n) is 9.99. The Labute approximate surface area is 316 Å². The second-order valence-electron chi connectivity index (χ2n) is 16.7. The van der Waals surface area contributed by atoms with E-state index < -0.39 is 12.2 Å². The average molecular weight is 730 g/mol. The monoisotopic (exact) mass is 730 g/mol. The molecule has 0 saturated carbocycles. The number of ether oxygens (including phenoxy) is 2. The molecule has 0 aliphatic heterocycles. The second-order valence-corrected chi connectivity index (χ2v) is 16.7. The summed E-state index contributed by atoms with van der Waals surface area (Å²) in [5.74, 6) is -0.184. The fraction of sp³-hybridized carbons (Fsp3) is 0.952. The van der Waals surface area contributed by atoms with Crippen molar-refractivity contribution in [2.24, 2.45) is 0 Å². The summed E-state index contributed by atoms with van der Waals surface area (Å²) in [7, 11) is 8.49. The molecule has 51 heavy (non-hydrogen) atoms. The molecule has 0 heterocycles. The Balaban J connectivity index is 4.54. The van der Waals surface area contributed by atoms with Crippen LogP contribution in [0.4, 0.5) is 0 Å². The lowest BCUT2D eigenvalue weighted by Crippen LogP contribution is -2.52. The number of hydrogen-bond acceptors (Lipinski definition) is 7. The first-order valence-corrected chi connectivity index (χ1v) is 21.4. The predicted molar refractivity (Wildman–Crippen MR) is 213 cm³/mol. The van der Waals surface area contributed by atoms with Crippen LogP contribution in [0.2, 0.25) is 0 Å². The van der Waals surface area contributed by atoms with Gasteiger partial charge in [-0.2, -0.15) is 0 Å². The molecule has 0 aliphatic rings. The van der Waals surface area contributed by atoms with E-state index in [0.717, 1.165) is 71.0 Å². The zero-order valence-corrected chi connectivity index (χ0v) is 34.9. The molecule has 0 aromatic heterocycles. The van der Waals surface area contributed by atoms with E-state index in [1.807, 2.05) is 0 Å². The van der Waals surface area contributed by atoms with Gasteiger partial charge in [-0.25, -0.2) is 0 Å². The molecule has 0 amide bonds. The first-order chi connectivity index (χ1) is 24.3. The first-order valence-electron chi connectivity index (χ1n) is 21.4. The van der Waals surface area contributed by atoms with Crippen LogP contribution in [-0.2, 0) is 19.1 Å². The lowest BCUT2D eigenvalue weighted by Gasteiger charge is -2.36. The first kappa shape index (κ1) is 49.7. The molecule has 0 aromatic rings. The summed E-state index contributed by atoms with van der Waals surface area (Å²) in [5, 5.41) is 22.3. The van der Waals surface area contributed by atoms with E-state index in [1.54, 1.807) is 0 Å². The van der Waals surface area contributed by atoms with Crippen LogP contribution in [0.1, 0.15) is 162 Å². The number of unbranched alkanes of at least 4 members (excludes halogenated alkanes) is 15. The summed E-state index contributed by atoms with van der Waals surface area (Å²) < 4.78 is 12.3. The molecule has 0 bridgehead atoms. The maximum absolute atomic E-state index is 12.2. The van der Waals surface area contributed by atoms with Crippen molar-refractivity contribution in [2.75, 3.05) is 87.2 Å². The minimum Gasteiger partial charge on any atom is -0.465 e. The Hall–Kier alpha value is -1.26. The number of hydrogen-bond donors (Lipinski definition) is 2. The van der Waals surface area contributed by atoms with Crippen molar-refractivity contribution in [1.82, 2.24) is 4.90 Å². The van der Waals surface area contributed by atoms with Crippen LogP contribution in [0.15, 0.2) is 0 Å². The van der Waals surface area contributed by atoms with Crippen molar-refractivity contribution in [1.29, 1.82) is 0 Å². The fourth-order valence-electron chi connectivity index (χ4n) is 7.01. The number of carbonyl (C=O) groups excluding carboxylic acids is 2. The largest absolute Gasteiger partial charge is 0.465 e. The molecule has 0 rings (SSSR count). The van der Waals surface area contributed by atoms with E-state index in [0.29, 0.717) is 61.2 Å². The molecule has 2 atom stereocenters. The highest BCUT2D eigenvalue weighted by Crippen LogP contribution is 2.12. The van der Waals surface area contributed by atoms with Gasteiger partial charge in [0, 0.05) is 38.8 Å². The van der Waals surface area contributed by atoms with Crippen molar-refractivity contribution in [3.8, 4) is 0 Å². The number of aliphatic hydroxyl groups excluding tert-OH is 2. The van der Waals surface area contributed by atoms with Crippen LogP contribution in [0.25, 0.3) is 0 Å². The SMILES string of the molecule is CCCCCCCCCC(=O)OCCC[N+](C)(C)CC(O)CN(CCCCCC)CC(O)C[N+](C)(C)CCCOC(=O)CCCCCCCCC. The van der Waals surface area contributed by atoms with Gasteiger partial charge < -0.3 is 28.7 Å². The van der Waals surface area contributed by atoms with E-state index in [4.69, 9.17) is 9.47 Å². The second kappa shape index (κ2) is 32.2. The average Bonchev–Trinajstić information content (AvgIpc) is 3.05. The maximum atomic E-state index is 12.2. The molecular formula is C42H87N3O6+2. The summed E-state index contributed by atoms with van der Waals surface area (Å²) in [6, 6.07) is 0. The fourth-order valence-corrected chi connectivity index (χ4v) is 7.01. The molecule has 9 heteroatoms. The normalized spacial score (nSPS) is 13.5. The van der Waals surface area contributed by atoms with Gasteiger partial charge in [0.25, 0.3) is 0 Å². The van der Waals surface area contributed by atoms with Gasteiger partial charge in [0.2, 0.25) is 0 Å². The number of aliphatic hydroxyl groups is 2. The standard InChI is InChI=1S/C42H87N3O6/c1-8-11-14-17-19-21-23-28-41(48)50-33-26-31-44(4,5)37-39(46)35-43(30-25-16-13-10-3)36-40(47)38-45(6,7)32-27-34-51-42(49)29-24-22-20-18-15-12-9-2/h39-40,46-47H,8-38H2,1-7H3/q+2. The quantitative estimate of drug-likeness (QED) is 0.0382. The van der Waals surface area contributed by atoms with Crippen LogP contribution in [0, 0.1) is 0 Å². The van der Waals surface area contributed by atoms with Gasteiger partial charge >= 0.3 is 11.9 Å². The lowest BCUT2D eigenvalue weighted by molar-refractivity contribution is -0.893. The van der Waals surface area contributed by atoms with Crippen LogP contribution in [0.5, 0.6) is 0 Å². The van der Waals surface area contributed by atoms with Crippen LogP contribution < -0.4 is 0 Å². The van der Waals surface area contributed by atoms with E-state index in [2.05, 4.69) is 53.9 Å². The van der Waals surface area contributed by atoms with Crippen molar-refractivity contribution in [3.63, 3.8) is 0 Å². The molecule has 0 aliphatic carbocycles. The maximum Gasteiger partial charge on any atom is 0.305 e. The number of nitrogens with zero attached hydrogens (tertiary/aromatic N) is 3. The van der Waals surface area contributed by atoms with E-state index in [1.165, 1.54) is 77.0 Å². The van der Waals surface area contributed by atoms with Gasteiger partial charge in [-0.15, -0.1) is 0 Å². The van der Waals surface area contributed by atoms with Crippen LogP contribution in [-0.4, -0.2) is 135 Å². The molecule has 0 aromatic carbocycles. The summed E-state index contributed by atoms with van der Waals surface area (Å²) in [6.07, 6.45) is 22.7. The van der Waals surface area contributed by atoms with Gasteiger partial charge in [0.15, 0.2) is 0 Å². The Kier molecular flexibility index (Phi) is 31.4. The number of esters is 2. The highest BCUT2D eigenvalue weighted by Gasteiger charge is 2.26. The van der Waals surface area contributed by atoms with Crippen molar-refractivity contribution >= 4 is 11.9 Å². The summed E-state index contributed by atoms with van der Waals surface area (Å²) in [5.41, 5.74) is 0. The van der Waals surface area contributed by atoms with E-state index in [-0.39, 0.29) is 11.9 Å². The molecule has 0 radical (unpaired) electrons. The van der Waals surface area contributed by atoms with Crippen LogP contribution >= 0.6 is 0 Å². The van der Waals surface area contributed by atoms with Crippen molar-refractivity contribution in [3.05, 3.63) is 0 Å². The molecule has 2 unspecified atom stereocenters. The minimum atomic E-state index is -0.517. The number of likely N-dealkylation sites (N-methyl/N-ethyl adjacent to an activating group) is 2. The Morgan fingerprint density at radius 3 is 1.22 bits per heavy atom.